The molecule has 2 fully saturated rings. The quantitative estimate of drug-likeness (QED) is 0.363. The van der Waals surface area contributed by atoms with Crippen LogP contribution in [0.2, 0.25) is 0 Å². The van der Waals surface area contributed by atoms with Gasteiger partial charge in [-0.05, 0) is 44.9 Å². The normalized spacial score (nSPS) is 19.1. The van der Waals surface area contributed by atoms with Gasteiger partial charge >= 0.3 is 0 Å². The van der Waals surface area contributed by atoms with Crippen LogP contribution < -0.4 is 10.2 Å². The third kappa shape index (κ3) is 7.63. The molecule has 2 aliphatic rings. The Bertz CT molecular complexity index is 653. The van der Waals surface area contributed by atoms with Gasteiger partial charge in [0.25, 0.3) is 0 Å². The maximum absolute atomic E-state index is 5.99. The summed E-state index contributed by atoms with van der Waals surface area (Å²) in [5, 5.41) is 3.45. The lowest BCUT2D eigenvalue weighted by molar-refractivity contribution is 0.00990. The molecule has 0 aromatic carbocycles. The largest absolute Gasteiger partial charge is 0.385 e. The van der Waals surface area contributed by atoms with Crippen molar-refractivity contribution in [2.24, 2.45) is 4.99 Å². The number of pyridine rings is 1. The monoisotopic (exact) mass is 432 g/mol. The van der Waals surface area contributed by atoms with Crippen LogP contribution in [0.5, 0.6) is 0 Å². The van der Waals surface area contributed by atoms with E-state index < -0.39 is 0 Å². The lowest BCUT2D eigenvalue weighted by Crippen LogP contribution is -2.47. The van der Waals surface area contributed by atoms with Crippen molar-refractivity contribution in [3.8, 4) is 0 Å². The van der Waals surface area contributed by atoms with Gasteiger partial charge in [0, 0.05) is 72.3 Å². The van der Waals surface area contributed by atoms with Crippen molar-refractivity contribution in [3.63, 3.8) is 0 Å². The first-order valence-corrected chi connectivity index (χ1v) is 11.7. The molecule has 31 heavy (non-hydrogen) atoms. The summed E-state index contributed by atoms with van der Waals surface area (Å²) in [6.07, 6.45) is 5.36. The van der Waals surface area contributed by atoms with Crippen molar-refractivity contribution in [1.29, 1.82) is 0 Å². The Morgan fingerprint density at radius 1 is 1.13 bits per heavy atom. The molecule has 1 aromatic heterocycles. The van der Waals surface area contributed by atoms with Gasteiger partial charge in [0.15, 0.2) is 5.96 Å². The molecule has 3 heterocycles. The predicted octanol–water partition coefficient (Wildman–Crippen LogP) is 1.82. The van der Waals surface area contributed by atoms with Crippen molar-refractivity contribution in [2.75, 3.05) is 78.1 Å². The Hall–Kier alpha value is -1.90. The van der Waals surface area contributed by atoms with E-state index in [0.29, 0.717) is 12.6 Å². The summed E-state index contributed by atoms with van der Waals surface area (Å²) in [5.41, 5.74) is 1.14. The Morgan fingerprint density at radius 2 is 1.90 bits per heavy atom. The molecule has 3 rings (SSSR count). The van der Waals surface area contributed by atoms with Crippen LogP contribution in [0.3, 0.4) is 0 Å². The van der Waals surface area contributed by atoms with Gasteiger partial charge in [-0.15, -0.1) is 0 Å². The molecule has 0 aliphatic carbocycles. The van der Waals surface area contributed by atoms with Crippen LogP contribution >= 0.6 is 0 Å². The van der Waals surface area contributed by atoms with Gasteiger partial charge in [0.05, 0.1) is 12.6 Å². The number of aliphatic imine (C=N–C) groups is 1. The molecule has 0 atom stereocenters. The number of likely N-dealkylation sites (tertiary alicyclic amines) is 1. The van der Waals surface area contributed by atoms with E-state index in [1.807, 2.05) is 6.20 Å². The SMILES string of the molecule is CCNC(=NCc1ccc(N2CCN(C)CC2)nc1)N1CCC(OCCCOC)CC1. The predicted molar refractivity (Wildman–Crippen MR) is 126 cm³/mol. The number of guanidine groups is 1. The molecule has 8 nitrogen and oxygen atoms in total. The fourth-order valence-corrected chi connectivity index (χ4v) is 4.01. The summed E-state index contributed by atoms with van der Waals surface area (Å²) < 4.78 is 11.1. The summed E-state index contributed by atoms with van der Waals surface area (Å²) in [7, 11) is 3.91. The van der Waals surface area contributed by atoms with E-state index in [0.717, 1.165) is 95.6 Å². The lowest BCUT2D eigenvalue weighted by Gasteiger charge is -2.34. The number of hydrogen-bond acceptors (Lipinski definition) is 6. The first kappa shape index (κ1) is 23.8. The van der Waals surface area contributed by atoms with Crippen LogP contribution in [0, 0.1) is 0 Å². The number of anilines is 1. The smallest absolute Gasteiger partial charge is 0.194 e. The highest BCUT2D eigenvalue weighted by molar-refractivity contribution is 5.80. The third-order valence-electron chi connectivity index (χ3n) is 5.97. The van der Waals surface area contributed by atoms with Crippen LogP contribution in [0.15, 0.2) is 23.3 Å². The van der Waals surface area contributed by atoms with Crippen molar-refractivity contribution in [3.05, 3.63) is 23.9 Å². The van der Waals surface area contributed by atoms with Crippen LogP contribution in [0.4, 0.5) is 5.82 Å². The third-order valence-corrected chi connectivity index (χ3v) is 5.97. The van der Waals surface area contributed by atoms with Gasteiger partial charge in [-0.2, -0.15) is 0 Å². The number of ether oxygens (including phenoxy) is 2. The number of likely N-dealkylation sites (N-methyl/N-ethyl adjacent to an activating group) is 1. The van der Waals surface area contributed by atoms with E-state index in [-0.39, 0.29) is 0 Å². The number of piperidine rings is 1. The van der Waals surface area contributed by atoms with E-state index in [9.17, 15) is 0 Å². The topological polar surface area (TPSA) is 65.5 Å². The zero-order valence-corrected chi connectivity index (χ0v) is 19.6. The second-order valence-corrected chi connectivity index (χ2v) is 8.39. The fourth-order valence-electron chi connectivity index (χ4n) is 4.01. The maximum atomic E-state index is 5.99. The van der Waals surface area contributed by atoms with Gasteiger partial charge in [-0.1, -0.05) is 6.07 Å². The summed E-state index contributed by atoms with van der Waals surface area (Å²) in [5.74, 6) is 2.06. The number of aromatic nitrogens is 1. The molecule has 2 saturated heterocycles. The zero-order valence-electron chi connectivity index (χ0n) is 19.6. The van der Waals surface area contributed by atoms with Crippen LogP contribution in [-0.2, 0) is 16.0 Å². The molecule has 2 aliphatic heterocycles. The molecule has 0 saturated carbocycles. The number of hydrogen-bond donors (Lipinski definition) is 1. The van der Waals surface area contributed by atoms with E-state index in [1.54, 1.807) is 7.11 Å². The number of rotatable bonds is 9. The van der Waals surface area contributed by atoms with Crippen LogP contribution in [0.1, 0.15) is 31.7 Å². The van der Waals surface area contributed by atoms with Gasteiger partial charge in [-0.25, -0.2) is 9.98 Å². The van der Waals surface area contributed by atoms with E-state index in [4.69, 9.17) is 19.5 Å². The highest BCUT2D eigenvalue weighted by Gasteiger charge is 2.22. The molecule has 0 amide bonds. The summed E-state index contributed by atoms with van der Waals surface area (Å²) in [6.45, 7) is 11.4. The van der Waals surface area contributed by atoms with Crippen molar-refractivity contribution < 1.29 is 9.47 Å². The van der Waals surface area contributed by atoms with Gasteiger partial charge in [0.2, 0.25) is 0 Å². The average molecular weight is 433 g/mol. The number of nitrogens with one attached hydrogen (secondary N) is 1. The Morgan fingerprint density at radius 3 is 2.55 bits per heavy atom. The molecule has 174 valence electrons. The minimum absolute atomic E-state index is 0.349. The summed E-state index contributed by atoms with van der Waals surface area (Å²) in [4.78, 5) is 16.6. The van der Waals surface area contributed by atoms with Crippen molar-refractivity contribution in [2.45, 2.75) is 38.8 Å². The highest BCUT2D eigenvalue weighted by Crippen LogP contribution is 2.16. The molecule has 0 spiro atoms. The van der Waals surface area contributed by atoms with Gasteiger partial charge < -0.3 is 29.5 Å². The molecular weight excluding hydrogens is 392 g/mol. The second kappa shape index (κ2) is 12.8. The average Bonchev–Trinajstić information content (AvgIpc) is 2.81. The first-order chi connectivity index (χ1) is 15.2. The Kier molecular flexibility index (Phi) is 9.84. The standard InChI is InChI=1S/C23H40N6O2/c1-4-24-23(29-10-8-21(9-11-29)31-17-5-16-30-3)26-19-20-6-7-22(25-18-20)28-14-12-27(2)13-15-28/h6-7,18,21H,4-5,8-17,19H2,1-3H3,(H,24,26). The second-order valence-electron chi connectivity index (χ2n) is 8.39. The van der Waals surface area contributed by atoms with Gasteiger partial charge in [0.1, 0.15) is 5.82 Å². The van der Waals surface area contributed by atoms with Crippen LogP contribution in [0.25, 0.3) is 0 Å². The maximum Gasteiger partial charge on any atom is 0.194 e. The van der Waals surface area contributed by atoms with E-state index >= 15 is 0 Å². The first-order valence-electron chi connectivity index (χ1n) is 11.7. The zero-order chi connectivity index (χ0) is 21.9. The van der Waals surface area contributed by atoms with E-state index in [2.05, 4.69) is 46.1 Å². The number of piperazine rings is 1. The molecule has 1 N–H and O–H groups in total. The molecule has 0 unspecified atom stereocenters. The Balaban J connectivity index is 1.48. The summed E-state index contributed by atoms with van der Waals surface area (Å²) in [6, 6.07) is 4.29. The highest BCUT2D eigenvalue weighted by atomic mass is 16.5. The molecular formula is C23H40N6O2. The minimum atomic E-state index is 0.349. The van der Waals surface area contributed by atoms with E-state index in [1.165, 1.54) is 0 Å². The molecule has 0 bridgehead atoms. The number of nitrogens with zero attached hydrogens (tertiary/aromatic N) is 5. The molecule has 1 aromatic rings. The molecule has 0 radical (unpaired) electrons. The fraction of sp³-hybridized carbons (Fsp3) is 0.739. The molecule has 8 heteroatoms. The van der Waals surface area contributed by atoms with Gasteiger partial charge in [-0.3, -0.25) is 0 Å². The summed E-state index contributed by atoms with van der Waals surface area (Å²) >= 11 is 0. The number of methoxy groups -OCH3 is 1. The van der Waals surface area contributed by atoms with Crippen LogP contribution in [-0.4, -0.2) is 100 Å². The Labute approximate surface area is 187 Å². The lowest BCUT2D eigenvalue weighted by atomic mass is 10.1. The van der Waals surface area contributed by atoms with Crippen molar-refractivity contribution in [1.82, 2.24) is 20.1 Å². The van der Waals surface area contributed by atoms with Crippen molar-refractivity contribution >= 4 is 11.8 Å². The minimum Gasteiger partial charge on any atom is -0.385 e.